The number of primary amides is 1. The van der Waals surface area contributed by atoms with E-state index in [0.29, 0.717) is 6.54 Å². The van der Waals surface area contributed by atoms with Gasteiger partial charge in [-0.05, 0) is 18.1 Å². The number of nitrogens with two attached hydrogens (primary N) is 1. The van der Waals surface area contributed by atoms with Crippen molar-refractivity contribution >= 4 is 11.6 Å². The second-order valence-electron chi connectivity index (χ2n) is 4.29. The third-order valence-corrected chi connectivity index (χ3v) is 3.25. The van der Waals surface area contributed by atoms with Crippen LogP contribution in [0.2, 0.25) is 0 Å². The topological polar surface area (TPSA) is 55.6 Å². The van der Waals surface area contributed by atoms with Gasteiger partial charge < -0.3 is 15.4 Å². The SMILES string of the molecule is NC(=O)CN1CCc2ccc3c(c21)CCO3. The molecule has 1 amide bonds. The van der Waals surface area contributed by atoms with Gasteiger partial charge in [-0.25, -0.2) is 0 Å². The first-order valence-electron chi connectivity index (χ1n) is 5.56. The highest BCUT2D eigenvalue weighted by Gasteiger charge is 2.27. The summed E-state index contributed by atoms with van der Waals surface area (Å²) in [5.41, 5.74) is 9.01. The largest absolute Gasteiger partial charge is 0.493 e. The minimum absolute atomic E-state index is 0.274. The highest BCUT2D eigenvalue weighted by molar-refractivity contribution is 5.82. The van der Waals surface area contributed by atoms with Crippen molar-refractivity contribution in [3.05, 3.63) is 23.3 Å². The second-order valence-corrected chi connectivity index (χ2v) is 4.29. The molecule has 0 aromatic heterocycles. The van der Waals surface area contributed by atoms with Crippen LogP contribution in [0.15, 0.2) is 12.1 Å². The Labute approximate surface area is 94.0 Å². The molecule has 4 nitrogen and oxygen atoms in total. The molecular formula is C12H14N2O2. The lowest BCUT2D eigenvalue weighted by molar-refractivity contribution is -0.116. The summed E-state index contributed by atoms with van der Waals surface area (Å²) < 4.78 is 5.53. The molecule has 0 atom stereocenters. The number of hydrogen-bond acceptors (Lipinski definition) is 3. The molecule has 16 heavy (non-hydrogen) atoms. The fraction of sp³-hybridized carbons (Fsp3) is 0.417. The molecule has 2 aliphatic rings. The van der Waals surface area contributed by atoms with Crippen LogP contribution in [0.5, 0.6) is 5.75 Å². The number of nitrogens with zero attached hydrogens (tertiary/aromatic N) is 1. The molecule has 0 fully saturated rings. The lowest BCUT2D eigenvalue weighted by Gasteiger charge is -2.19. The van der Waals surface area contributed by atoms with Crippen molar-refractivity contribution < 1.29 is 9.53 Å². The van der Waals surface area contributed by atoms with Gasteiger partial charge in [0, 0.05) is 24.2 Å². The van der Waals surface area contributed by atoms with E-state index in [1.807, 2.05) is 6.07 Å². The Balaban J connectivity index is 2.03. The molecule has 84 valence electrons. The molecule has 0 radical (unpaired) electrons. The Morgan fingerprint density at radius 3 is 3.12 bits per heavy atom. The summed E-state index contributed by atoms with van der Waals surface area (Å²) in [6.45, 7) is 1.94. The van der Waals surface area contributed by atoms with Gasteiger partial charge in [0.15, 0.2) is 0 Å². The van der Waals surface area contributed by atoms with Crippen LogP contribution in [0.4, 0.5) is 5.69 Å². The maximum absolute atomic E-state index is 11.0. The summed E-state index contributed by atoms with van der Waals surface area (Å²) in [4.78, 5) is 13.1. The minimum atomic E-state index is -0.274. The number of fused-ring (bicyclic) bond motifs is 3. The molecule has 0 spiro atoms. The number of hydrogen-bond donors (Lipinski definition) is 1. The number of ether oxygens (including phenoxy) is 1. The lowest BCUT2D eigenvalue weighted by atomic mass is 10.1. The van der Waals surface area contributed by atoms with E-state index in [9.17, 15) is 4.79 Å². The van der Waals surface area contributed by atoms with Crippen LogP contribution < -0.4 is 15.4 Å². The van der Waals surface area contributed by atoms with E-state index in [-0.39, 0.29) is 5.91 Å². The lowest BCUT2D eigenvalue weighted by Crippen LogP contribution is -2.32. The zero-order valence-electron chi connectivity index (χ0n) is 9.03. The van der Waals surface area contributed by atoms with Crippen molar-refractivity contribution in [2.45, 2.75) is 12.8 Å². The molecular weight excluding hydrogens is 204 g/mol. The number of benzene rings is 1. The average Bonchev–Trinajstić information content (AvgIpc) is 2.82. The summed E-state index contributed by atoms with van der Waals surface area (Å²) >= 11 is 0. The van der Waals surface area contributed by atoms with E-state index in [0.717, 1.165) is 31.7 Å². The molecule has 2 N–H and O–H groups in total. The first-order valence-corrected chi connectivity index (χ1v) is 5.56. The van der Waals surface area contributed by atoms with Gasteiger partial charge in [0.25, 0.3) is 0 Å². The van der Waals surface area contributed by atoms with Crippen molar-refractivity contribution in [1.82, 2.24) is 0 Å². The van der Waals surface area contributed by atoms with E-state index in [1.165, 1.54) is 16.8 Å². The number of carbonyl (C=O) groups is 1. The van der Waals surface area contributed by atoms with E-state index in [2.05, 4.69) is 11.0 Å². The first kappa shape index (κ1) is 9.51. The molecule has 1 aromatic rings. The van der Waals surface area contributed by atoms with Crippen LogP contribution in [-0.2, 0) is 17.6 Å². The molecule has 2 heterocycles. The Morgan fingerprint density at radius 2 is 2.31 bits per heavy atom. The molecule has 2 aliphatic heterocycles. The van der Waals surface area contributed by atoms with Crippen molar-refractivity contribution in [2.75, 3.05) is 24.6 Å². The van der Waals surface area contributed by atoms with Gasteiger partial charge in [-0.2, -0.15) is 0 Å². The van der Waals surface area contributed by atoms with E-state index >= 15 is 0 Å². The first-order chi connectivity index (χ1) is 7.75. The van der Waals surface area contributed by atoms with Crippen LogP contribution in [0.3, 0.4) is 0 Å². The average molecular weight is 218 g/mol. The summed E-state index contributed by atoms with van der Waals surface area (Å²) in [5, 5.41) is 0. The highest BCUT2D eigenvalue weighted by Crippen LogP contribution is 2.40. The van der Waals surface area contributed by atoms with Gasteiger partial charge in [0.2, 0.25) is 5.91 Å². The van der Waals surface area contributed by atoms with Gasteiger partial charge in [-0.3, -0.25) is 4.79 Å². The summed E-state index contributed by atoms with van der Waals surface area (Å²) in [6, 6.07) is 4.13. The monoisotopic (exact) mass is 218 g/mol. The normalized spacial score (nSPS) is 16.9. The van der Waals surface area contributed by atoms with E-state index < -0.39 is 0 Å². The maximum Gasteiger partial charge on any atom is 0.236 e. The summed E-state index contributed by atoms with van der Waals surface area (Å²) in [5.74, 6) is 0.694. The standard InChI is InChI=1S/C12H14N2O2/c13-11(15)7-14-5-3-8-1-2-10-9(12(8)14)4-6-16-10/h1-2H,3-7H2,(H2,13,15). The number of rotatable bonds is 2. The zero-order chi connectivity index (χ0) is 11.1. The molecule has 3 rings (SSSR count). The van der Waals surface area contributed by atoms with Gasteiger partial charge in [-0.15, -0.1) is 0 Å². The van der Waals surface area contributed by atoms with Gasteiger partial charge in [0.05, 0.1) is 13.2 Å². The zero-order valence-corrected chi connectivity index (χ0v) is 9.03. The van der Waals surface area contributed by atoms with Gasteiger partial charge in [-0.1, -0.05) is 6.07 Å². The van der Waals surface area contributed by atoms with Gasteiger partial charge >= 0.3 is 0 Å². The number of carbonyl (C=O) groups excluding carboxylic acids is 1. The number of amides is 1. The van der Waals surface area contributed by atoms with E-state index in [1.54, 1.807) is 0 Å². The van der Waals surface area contributed by atoms with Crippen LogP contribution in [0.1, 0.15) is 11.1 Å². The molecule has 0 saturated heterocycles. The Hall–Kier alpha value is -1.71. The fourth-order valence-corrected chi connectivity index (χ4v) is 2.62. The third kappa shape index (κ3) is 1.33. The third-order valence-electron chi connectivity index (χ3n) is 3.25. The Morgan fingerprint density at radius 1 is 1.44 bits per heavy atom. The minimum Gasteiger partial charge on any atom is -0.493 e. The van der Waals surface area contributed by atoms with Crippen LogP contribution >= 0.6 is 0 Å². The van der Waals surface area contributed by atoms with Crippen molar-refractivity contribution in [3.8, 4) is 5.75 Å². The Kier molecular flexibility index (Phi) is 2.02. The van der Waals surface area contributed by atoms with Crippen LogP contribution in [0, 0.1) is 0 Å². The predicted octanol–water partition coefficient (Wildman–Crippen LogP) is 0.469. The van der Waals surface area contributed by atoms with Crippen LogP contribution in [0.25, 0.3) is 0 Å². The van der Waals surface area contributed by atoms with Crippen molar-refractivity contribution in [1.29, 1.82) is 0 Å². The van der Waals surface area contributed by atoms with Crippen molar-refractivity contribution in [3.63, 3.8) is 0 Å². The van der Waals surface area contributed by atoms with E-state index in [4.69, 9.17) is 10.5 Å². The molecule has 1 aromatic carbocycles. The van der Waals surface area contributed by atoms with Crippen molar-refractivity contribution in [2.24, 2.45) is 5.73 Å². The summed E-state index contributed by atoms with van der Waals surface area (Å²) in [7, 11) is 0. The van der Waals surface area contributed by atoms with Gasteiger partial charge in [0.1, 0.15) is 5.75 Å². The highest BCUT2D eigenvalue weighted by atomic mass is 16.5. The smallest absolute Gasteiger partial charge is 0.236 e. The fourth-order valence-electron chi connectivity index (χ4n) is 2.62. The summed E-state index contributed by atoms with van der Waals surface area (Å²) in [6.07, 6.45) is 1.93. The maximum atomic E-state index is 11.0. The molecule has 0 saturated carbocycles. The molecule has 0 unspecified atom stereocenters. The second kappa shape index (κ2) is 3.40. The molecule has 4 heteroatoms. The quantitative estimate of drug-likeness (QED) is 0.785. The Bertz CT molecular complexity index is 457. The number of anilines is 1. The molecule has 0 bridgehead atoms. The van der Waals surface area contributed by atoms with Crippen LogP contribution in [-0.4, -0.2) is 25.6 Å². The predicted molar refractivity (Wildman–Crippen MR) is 60.8 cm³/mol. The molecule has 0 aliphatic carbocycles.